The van der Waals surface area contributed by atoms with Crippen LogP contribution in [0.5, 0.6) is 0 Å². The number of thiol groups is 1. The van der Waals surface area contributed by atoms with Crippen molar-refractivity contribution in [2.45, 2.75) is 5.75 Å². The molecule has 0 spiro atoms. The molecule has 1 aromatic heterocycles. The van der Waals surface area contributed by atoms with Crippen LogP contribution in [0.15, 0.2) is 28.8 Å². The quantitative estimate of drug-likeness (QED) is 0.801. The maximum atomic E-state index is 5.76. The van der Waals surface area contributed by atoms with Crippen LogP contribution in [0.3, 0.4) is 0 Å². The molecule has 0 aliphatic rings. The molecule has 0 radical (unpaired) electrons. The normalized spacial score (nSPS) is 10.4. The summed E-state index contributed by atoms with van der Waals surface area (Å²) in [6.45, 7) is 0. The predicted octanol–water partition coefficient (Wildman–Crippen LogP) is 2.82. The van der Waals surface area contributed by atoms with Gasteiger partial charge >= 0.3 is 0 Å². The van der Waals surface area contributed by atoms with Crippen molar-refractivity contribution in [1.29, 1.82) is 0 Å². The lowest BCUT2D eigenvalue weighted by Crippen LogP contribution is -1.80. The standard InChI is InChI=1S/C9H7ClN2OS/c10-7-3-1-6(2-4-7)9-11-8(5-14)13-12-9/h1-4,14H,5H2. The lowest BCUT2D eigenvalue weighted by molar-refractivity contribution is 0.392. The zero-order valence-electron chi connectivity index (χ0n) is 7.14. The number of hydrogen-bond acceptors (Lipinski definition) is 4. The first kappa shape index (κ1) is 9.55. The number of benzene rings is 1. The largest absolute Gasteiger partial charge is 0.338 e. The van der Waals surface area contributed by atoms with E-state index in [2.05, 4.69) is 22.8 Å². The lowest BCUT2D eigenvalue weighted by atomic mass is 10.2. The SMILES string of the molecule is SCc1nc(-c2ccc(Cl)cc2)no1. The van der Waals surface area contributed by atoms with Crippen molar-refractivity contribution in [1.82, 2.24) is 10.1 Å². The van der Waals surface area contributed by atoms with Crippen molar-refractivity contribution in [3.63, 3.8) is 0 Å². The summed E-state index contributed by atoms with van der Waals surface area (Å²) >= 11 is 9.79. The van der Waals surface area contributed by atoms with Crippen LogP contribution in [0.25, 0.3) is 11.4 Å². The van der Waals surface area contributed by atoms with E-state index < -0.39 is 0 Å². The highest BCUT2D eigenvalue weighted by molar-refractivity contribution is 7.79. The summed E-state index contributed by atoms with van der Waals surface area (Å²) in [5, 5.41) is 4.50. The molecule has 1 aromatic carbocycles. The van der Waals surface area contributed by atoms with Crippen molar-refractivity contribution in [2.75, 3.05) is 0 Å². The van der Waals surface area contributed by atoms with Crippen LogP contribution in [0.1, 0.15) is 5.89 Å². The number of aromatic nitrogens is 2. The third-order valence-electron chi connectivity index (χ3n) is 1.71. The first-order valence-corrected chi connectivity index (χ1v) is 5.00. The van der Waals surface area contributed by atoms with Gasteiger partial charge in [-0.1, -0.05) is 16.8 Å². The second-order valence-electron chi connectivity index (χ2n) is 2.68. The van der Waals surface area contributed by atoms with Gasteiger partial charge in [0.1, 0.15) is 0 Å². The molecular weight excluding hydrogens is 220 g/mol. The minimum absolute atomic E-state index is 0.445. The number of nitrogens with zero attached hydrogens (tertiary/aromatic N) is 2. The maximum absolute atomic E-state index is 5.76. The molecule has 2 rings (SSSR count). The summed E-state index contributed by atoms with van der Waals surface area (Å²) < 4.78 is 4.93. The lowest BCUT2D eigenvalue weighted by Gasteiger charge is -1.92. The van der Waals surface area contributed by atoms with Gasteiger partial charge < -0.3 is 4.52 Å². The van der Waals surface area contributed by atoms with Gasteiger partial charge in [0, 0.05) is 10.6 Å². The summed E-state index contributed by atoms with van der Waals surface area (Å²) in [6, 6.07) is 7.26. The Morgan fingerprint density at radius 2 is 2.00 bits per heavy atom. The second kappa shape index (κ2) is 4.02. The van der Waals surface area contributed by atoms with E-state index in [-0.39, 0.29) is 0 Å². The maximum Gasteiger partial charge on any atom is 0.236 e. The molecule has 3 nitrogen and oxygen atoms in total. The molecule has 72 valence electrons. The van der Waals surface area contributed by atoms with Gasteiger partial charge in [-0.3, -0.25) is 0 Å². The number of halogens is 1. The van der Waals surface area contributed by atoms with Crippen LogP contribution < -0.4 is 0 Å². The molecular formula is C9H7ClN2OS. The molecule has 1 heterocycles. The minimum Gasteiger partial charge on any atom is -0.338 e. The summed E-state index contributed by atoms with van der Waals surface area (Å²) in [7, 11) is 0. The van der Waals surface area contributed by atoms with E-state index in [1.165, 1.54) is 0 Å². The van der Waals surface area contributed by atoms with E-state index in [4.69, 9.17) is 16.1 Å². The number of rotatable bonds is 2. The average Bonchev–Trinajstić information content (AvgIpc) is 2.67. The topological polar surface area (TPSA) is 38.9 Å². The van der Waals surface area contributed by atoms with E-state index in [1.807, 2.05) is 12.1 Å². The average molecular weight is 227 g/mol. The van der Waals surface area contributed by atoms with Gasteiger partial charge in [0.25, 0.3) is 0 Å². The summed E-state index contributed by atoms with van der Waals surface area (Å²) in [6.07, 6.45) is 0. The van der Waals surface area contributed by atoms with Crippen LogP contribution in [-0.2, 0) is 5.75 Å². The molecule has 0 unspecified atom stereocenters. The summed E-state index contributed by atoms with van der Waals surface area (Å²) in [5.74, 6) is 1.52. The minimum atomic E-state index is 0.445. The third-order valence-corrected chi connectivity index (χ3v) is 2.23. The Morgan fingerprint density at radius 1 is 1.29 bits per heavy atom. The molecule has 0 bridgehead atoms. The van der Waals surface area contributed by atoms with E-state index in [0.29, 0.717) is 22.5 Å². The smallest absolute Gasteiger partial charge is 0.236 e. The van der Waals surface area contributed by atoms with Crippen molar-refractivity contribution < 1.29 is 4.52 Å². The molecule has 0 atom stereocenters. The van der Waals surface area contributed by atoms with Gasteiger partial charge in [0.2, 0.25) is 11.7 Å². The molecule has 5 heteroatoms. The van der Waals surface area contributed by atoms with Gasteiger partial charge in [0.05, 0.1) is 5.75 Å². The van der Waals surface area contributed by atoms with Gasteiger partial charge in [-0.05, 0) is 24.3 Å². The first-order valence-electron chi connectivity index (χ1n) is 3.99. The van der Waals surface area contributed by atoms with E-state index >= 15 is 0 Å². The van der Waals surface area contributed by atoms with Gasteiger partial charge in [-0.15, -0.1) is 0 Å². The second-order valence-corrected chi connectivity index (χ2v) is 3.43. The van der Waals surface area contributed by atoms with E-state index in [9.17, 15) is 0 Å². The molecule has 0 amide bonds. The van der Waals surface area contributed by atoms with Crippen molar-refractivity contribution >= 4 is 24.2 Å². The Hall–Kier alpha value is -1.00. The highest BCUT2D eigenvalue weighted by Crippen LogP contribution is 2.18. The fourth-order valence-electron chi connectivity index (χ4n) is 1.04. The van der Waals surface area contributed by atoms with E-state index in [0.717, 1.165) is 5.56 Å². The molecule has 14 heavy (non-hydrogen) atoms. The van der Waals surface area contributed by atoms with Gasteiger partial charge in [0.15, 0.2) is 0 Å². The molecule has 2 aromatic rings. The monoisotopic (exact) mass is 226 g/mol. The fourth-order valence-corrected chi connectivity index (χ4v) is 1.29. The Kier molecular flexibility index (Phi) is 2.74. The molecule has 0 fully saturated rings. The Labute approximate surface area is 91.5 Å². The molecule has 0 aliphatic carbocycles. The van der Waals surface area contributed by atoms with Gasteiger partial charge in [-0.25, -0.2) is 0 Å². The highest BCUT2D eigenvalue weighted by atomic mass is 35.5. The van der Waals surface area contributed by atoms with Crippen molar-refractivity contribution in [3.05, 3.63) is 35.2 Å². The molecule has 0 N–H and O–H groups in total. The Morgan fingerprint density at radius 3 is 2.57 bits per heavy atom. The first-order chi connectivity index (χ1) is 6.79. The predicted molar refractivity (Wildman–Crippen MR) is 57.4 cm³/mol. The fraction of sp³-hybridized carbons (Fsp3) is 0.111. The van der Waals surface area contributed by atoms with Crippen LogP contribution in [0, 0.1) is 0 Å². The van der Waals surface area contributed by atoms with Crippen LogP contribution in [-0.4, -0.2) is 10.1 Å². The Balaban J connectivity index is 2.34. The third kappa shape index (κ3) is 1.91. The molecule has 0 saturated carbocycles. The zero-order valence-corrected chi connectivity index (χ0v) is 8.79. The van der Waals surface area contributed by atoms with E-state index in [1.54, 1.807) is 12.1 Å². The van der Waals surface area contributed by atoms with Crippen molar-refractivity contribution in [2.24, 2.45) is 0 Å². The zero-order chi connectivity index (χ0) is 9.97. The highest BCUT2D eigenvalue weighted by Gasteiger charge is 2.06. The van der Waals surface area contributed by atoms with Crippen LogP contribution in [0.2, 0.25) is 5.02 Å². The molecule has 0 saturated heterocycles. The number of hydrogen-bond donors (Lipinski definition) is 1. The Bertz CT molecular complexity index is 427. The summed E-state index contributed by atoms with van der Waals surface area (Å²) in [5.41, 5.74) is 0.881. The van der Waals surface area contributed by atoms with Crippen molar-refractivity contribution in [3.8, 4) is 11.4 Å². The van der Waals surface area contributed by atoms with Crippen LogP contribution in [0.4, 0.5) is 0 Å². The molecule has 0 aliphatic heterocycles. The summed E-state index contributed by atoms with van der Waals surface area (Å²) in [4.78, 5) is 4.13. The van der Waals surface area contributed by atoms with Crippen LogP contribution >= 0.6 is 24.2 Å². The van der Waals surface area contributed by atoms with Gasteiger partial charge in [-0.2, -0.15) is 17.6 Å².